The van der Waals surface area contributed by atoms with E-state index in [4.69, 9.17) is 18.9 Å². The van der Waals surface area contributed by atoms with E-state index in [1.807, 2.05) is 0 Å². The number of hydrogen-bond acceptors (Lipinski definition) is 15. The standard InChI is InChI=1S/C56H109NO15/c1-3-5-7-9-11-13-15-17-19-20-21-22-24-26-28-30-32-34-36-38-44(61)54(68)57-42(47(62)43(60)37-35-33-31-29-27-25-23-18-16-14-12-10-8-6-4-2)41-69-56-53(51(66)49(64)46(40-59)71-56)72-55-52(67)50(65)48(63)45(39-58)70-55/h42-53,55-56,58-67H,3-41H2,1-2H3,(H,57,68)/t42-,43+,44+,45+,46+,47-,48+,49-,50-,51-,52+,53+,55+,56-/m0/s1. The van der Waals surface area contributed by atoms with E-state index in [1.165, 1.54) is 154 Å². The molecule has 0 radical (unpaired) electrons. The van der Waals surface area contributed by atoms with Crippen LogP contribution in [0.1, 0.15) is 245 Å². The van der Waals surface area contributed by atoms with Gasteiger partial charge in [-0.3, -0.25) is 4.79 Å². The maximum Gasteiger partial charge on any atom is 0.249 e. The topological polar surface area (TPSA) is 268 Å². The molecule has 16 heteroatoms. The van der Waals surface area contributed by atoms with Crippen molar-refractivity contribution < 1.29 is 74.8 Å². The van der Waals surface area contributed by atoms with Crippen LogP contribution in [0.15, 0.2) is 0 Å². The molecule has 2 rings (SSSR count). The molecule has 0 aliphatic carbocycles. The van der Waals surface area contributed by atoms with Gasteiger partial charge in [-0.15, -0.1) is 0 Å². The van der Waals surface area contributed by atoms with E-state index < -0.39 is 111 Å². The van der Waals surface area contributed by atoms with Crippen molar-refractivity contribution in [3.8, 4) is 0 Å². The van der Waals surface area contributed by atoms with Gasteiger partial charge in [0.15, 0.2) is 12.6 Å². The fourth-order valence-corrected chi connectivity index (χ4v) is 10.1. The average molecular weight is 1040 g/mol. The van der Waals surface area contributed by atoms with Crippen molar-refractivity contribution in [2.75, 3.05) is 19.8 Å². The third-order valence-corrected chi connectivity index (χ3v) is 15.0. The summed E-state index contributed by atoms with van der Waals surface area (Å²) in [5.74, 6) is -0.772. The van der Waals surface area contributed by atoms with Gasteiger partial charge < -0.3 is 75.3 Å². The van der Waals surface area contributed by atoms with Gasteiger partial charge in [-0.25, -0.2) is 0 Å². The molecule has 0 saturated carbocycles. The molecule has 428 valence electrons. The summed E-state index contributed by atoms with van der Waals surface area (Å²) in [4.78, 5) is 13.5. The smallest absolute Gasteiger partial charge is 0.249 e. The largest absolute Gasteiger partial charge is 0.394 e. The van der Waals surface area contributed by atoms with Crippen LogP contribution in [0, 0.1) is 0 Å². The number of aliphatic hydroxyl groups excluding tert-OH is 10. The second-order valence-corrected chi connectivity index (χ2v) is 21.4. The number of hydrogen-bond donors (Lipinski definition) is 11. The third kappa shape index (κ3) is 28.3. The first-order valence-electron chi connectivity index (χ1n) is 29.5. The van der Waals surface area contributed by atoms with Crippen LogP contribution in [-0.4, -0.2) is 163 Å². The molecule has 0 aromatic carbocycles. The number of rotatable bonds is 47. The van der Waals surface area contributed by atoms with Crippen molar-refractivity contribution in [2.45, 2.75) is 331 Å². The highest BCUT2D eigenvalue weighted by Gasteiger charge is 2.51. The molecule has 0 bridgehead atoms. The fourth-order valence-electron chi connectivity index (χ4n) is 10.1. The number of carbonyl (C=O) groups is 1. The summed E-state index contributed by atoms with van der Waals surface area (Å²) < 4.78 is 23.0. The SMILES string of the molecule is CCCCCCCCCCCCCCCCCCCCC[C@@H](O)C(=O)N[C@@H](CO[C@H]1O[C@H](CO)[C@H](O)[C@H](O)[C@H]1O[C@H]1O[C@H](CO)[C@@H](O)[C@H](O)[C@H]1O)[C@H](O)[C@H](O)CCCCCCCCCCCCCCCCC. The summed E-state index contributed by atoms with van der Waals surface area (Å²) in [6.45, 7) is 2.43. The van der Waals surface area contributed by atoms with Gasteiger partial charge in [-0.1, -0.05) is 232 Å². The summed E-state index contributed by atoms with van der Waals surface area (Å²) in [6, 6.07) is -1.31. The lowest BCUT2D eigenvalue weighted by Crippen LogP contribution is -2.65. The van der Waals surface area contributed by atoms with E-state index in [2.05, 4.69) is 19.2 Å². The van der Waals surface area contributed by atoms with Crippen molar-refractivity contribution in [2.24, 2.45) is 0 Å². The normalized spacial score (nSPS) is 26.4. The van der Waals surface area contributed by atoms with Gasteiger partial charge in [0.2, 0.25) is 5.91 Å². The van der Waals surface area contributed by atoms with Crippen LogP contribution in [0.3, 0.4) is 0 Å². The molecule has 0 aromatic heterocycles. The first kappa shape index (κ1) is 67.0. The van der Waals surface area contributed by atoms with E-state index in [9.17, 15) is 55.9 Å². The maximum atomic E-state index is 13.5. The molecule has 2 aliphatic heterocycles. The highest BCUT2D eigenvalue weighted by molar-refractivity contribution is 5.80. The molecule has 0 unspecified atom stereocenters. The minimum atomic E-state index is -1.87. The number of nitrogens with one attached hydrogen (secondary N) is 1. The predicted molar refractivity (Wildman–Crippen MR) is 280 cm³/mol. The average Bonchev–Trinajstić information content (AvgIpc) is 3.38. The Morgan fingerprint density at radius 2 is 0.806 bits per heavy atom. The van der Waals surface area contributed by atoms with Crippen molar-refractivity contribution in [1.82, 2.24) is 5.32 Å². The lowest BCUT2D eigenvalue weighted by molar-refractivity contribution is -0.368. The van der Waals surface area contributed by atoms with Gasteiger partial charge in [-0.2, -0.15) is 0 Å². The number of amides is 1. The molecule has 0 spiro atoms. The monoisotopic (exact) mass is 1040 g/mol. The van der Waals surface area contributed by atoms with Crippen LogP contribution in [0.4, 0.5) is 0 Å². The van der Waals surface area contributed by atoms with E-state index in [0.29, 0.717) is 12.8 Å². The number of carbonyl (C=O) groups excluding carboxylic acids is 1. The highest BCUT2D eigenvalue weighted by atomic mass is 16.8. The van der Waals surface area contributed by atoms with E-state index in [0.717, 1.165) is 51.4 Å². The lowest BCUT2D eigenvalue weighted by atomic mass is 9.97. The molecule has 2 heterocycles. The molecule has 72 heavy (non-hydrogen) atoms. The second kappa shape index (κ2) is 43.0. The zero-order valence-electron chi connectivity index (χ0n) is 45.2. The van der Waals surface area contributed by atoms with E-state index in [1.54, 1.807) is 0 Å². The van der Waals surface area contributed by atoms with Crippen molar-refractivity contribution in [3.05, 3.63) is 0 Å². The van der Waals surface area contributed by atoms with Crippen molar-refractivity contribution in [3.63, 3.8) is 0 Å². The zero-order valence-corrected chi connectivity index (χ0v) is 45.2. The zero-order chi connectivity index (χ0) is 52.8. The minimum absolute atomic E-state index is 0.194. The van der Waals surface area contributed by atoms with Crippen LogP contribution in [-0.2, 0) is 23.7 Å². The van der Waals surface area contributed by atoms with Gasteiger partial charge >= 0.3 is 0 Å². The van der Waals surface area contributed by atoms with Crippen LogP contribution in [0.25, 0.3) is 0 Å². The molecule has 14 atom stereocenters. The van der Waals surface area contributed by atoms with E-state index in [-0.39, 0.29) is 12.8 Å². The summed E-state index contributed by atoms with van der Waals surface area (Å²) in [5, 5.41) is 109. The number of ether oxygens (including phenoxy) is 4. The number of aliphatic hydroxyl groups is 10. The quantitative estimate of drug-likeness (QED) is 0.0268. The van der Waals surface area contributed by atoms with Gasteiger partial charge in [0.1, 0.15) is 61.0 Å². The Bertz CT molecular complexity index is 1250. The van der Waals surface area contributed by atoms with Gasteiger partial charge in [0.25, 0.3) is 0 Å². The molecule has 1 amide bonds. The lowest BCUT2D eigenvalue weighted by Gasteiger charge is -2.46. The van der Waals surface area contributed by atoms with Crippen LogP contribution < -0.4 is 5.32 Å². The highest BCUT2D eigenvalue weighted by Crippen LogP contribution is 2.30. The molecule has 2 fully saturated rings. The third-order valence-electron chi connectivity index (χ3n) is 15.0. The Kier molecular flexibility index (Phi) is 40.0. The van der Waals surface area contributed by atoms with Crippen LogP contribution >= 0.6 is 0 Å². The molecule has 2 saturated heterocycles. The van der Waals surface area contributed by atoms with Crippen molar-refractivity contribution >= 4 is 5.91 Å². The summed E-state index contributed by atoms with van der Waals surface area (Å²) in [6.07, 6.45) is 20.5. The van der Waals surface area contributed by atoms with Crippen molar-refractivity contribution in [1.29, 1.82) is 0 Å². The molecule has 11 N–H and O–H groups in total. The Morgan fingerprint density at radius 3 is 1.19 bits per heavy atom. The van der Waals surface area contributed by atoms with Crippen LogP contribution in [0.2, 0.25) is 0 Å². The molecular weight excluding hydrogens is 927 g/mol. The first-order chi connectivity index (χ1) is 34.9. The Balaban J connectivity index is 1.89. The van der Waals surface area contributed by atoms with Gasteiger partial charge in [0, 0.05) is 0 Å². The van der Waals surface area contributed by atoms with Gasteiger partial charge in [-0.05, 0) is 12.8 Å². The molecule has 2 aliphatic rings. The summed E-state index contributed by atoms with van der Waals surface area (Å²) >= 11 is 0. The minimum Gasteiger partial charge on any atom is -0.394 e. The summed E-state index contributed by atoms with van der Waals surface area (Å²) in [5.41, 5.74) is 0. The predicted octanol–water partition coefficient (Wildman–Crippen LogP) is 7.28. The van der Waals surface area contributed by atoms with Gasteiger partial charge in [0.05, 0.1) is 32.0 Å². The molecule has 0 aromatic rings. The second-order valence-electron chi connectivity index (χ2n) is 21.4. The fraction of sp³-hybridized carbons (Fsp3) is 0.982. The number of unbranched alkanes of at least 4 members (excludes halogenated alkanes) is 32. The maximum absolute atomic E-state index is 13.5. The Hall–Kier alpha value is -1.09. The Morgan fingerprint density at radius 1 is 0.458 bits per heavy atom. The van der Waals surface area contributed by atoms with Crippen LogP contribution in [0.5, 0.6) is 0 Å². The molecular formula is C56H109NO15. The Labute approximate surface area is 435 Å². The van der Waals surface area contributed by atoms with E-state index >= 15 is 0 Å². The first-order valence-corrected chi connectivity index (χ1v) is 29.5. The summed E-state index contributed by atoms with van der Waals surface area (Å²) in [7, 11) is 0. The molecule has 16 nitrogen and oxygen atoms in total.